The zero-order valence-corrected chi connectivity index (χ0v) is 16.7. The minimum Gasteiger partial charge on any atom is -0.301 e. The Morgan fingerprint density at radius 1 is 1.17 bits per heavy atom. The van der Waals surface area contributed by atoms with E-state index in [1.165, 1.54) is 18.2 Å². The summed E-state index contributed by atoms with van der Waals surface area (Å²) < 4.78 is 30.0. The lowest BCUT2D eigenvalue weighted by Gasteiger charge is -2.35. The van der Waals surface area contributed by atoms with Gasteiger partial charge in [0.2, 0.25) is 0 Å². The first kappa shape index (κ1) is 19.7. The Balaban J connectivity index is 1.69. The van der Waals surface area contributed by atoms with Crippen LogP contribution in [-0.4, -0.2) is 33.6 Å². The van der Waals surface area contributed by atoms with Crippen molar-refractivity contribution in [3.8, 4) is 11.1 Å². The Bertz CT molecular complexity index is 1070. The Hall–Kier alpha value is -2.60. The van der Waals surface area contributed by atoms with Gasteiger partial charge in [-0.05, 0) is 69.0 Å². The highest BCUT2D eigenvalue weighted by Crippen LogP contribution is 2.27. The third kappa shape index (κ3) is 3.94. The molecule has 4 nitrogen and oxygen atoms in total. The maximum Gasteiger partial charge on any atom is 0.261 e. The van der Waals surface area contributed by atoms with Crippen LogP contribution in [0.15, 0.2) is 47.5 Å². The molecule has 4 rings (SSSR count). The van der Waals surface area contributed by atoms with Gasteiger partial charge in [-0.15, -0.1) is 0 Å². The molecule has 0 aliphatic carbocycles. The van der Waals surface area contributed by atoms with Crippen molar-refractivity contribution in [2.24, 2.45) is 5.92 Å². The maximum absolute atomic E-state index is 14.2. The van der Waals surface area contributed by atoms with Gasteiger partial charge in [-0.25, -0.2) is 13.8 Å². The largest absolute Gasteiger partial charge is 0.301 e. The number of piperidine rings is 1. The lowest BCUT2D eigenvalue weighted by Crippen LogP contribution is -2.42. The second kappa shape index (κ2) is 8.03. The Morgan fingerprint density at radius 3 is 2.66 bits per heavy atom. The molecule has 2 aromatic carbocycles. The van der Waals surface area contributed by atoms with Crippen LogP contribution < -0.4 is 5.56 Å². The molecule has 0 bridgehead atoms. The summed E-state index contributed by atoms with van der Waals surface area (Å²) in [6.07, 6.45) is 3.78. The van der Waals surface area contributed by atoms with Gasteiger partial charge in [0.15, 0.2) is 0 Å². The lowest BCUT2D eigenvalue weighted by atomic mass is 9.97. The molecule has 0 amide bonds. The summed E-state index contributed by atoms with van der Waals surface area (Å²) in [4.78, 5) is 19.9. The van der Waals surface area contributed by atoms with Crippen molar-refractivity contribution in [3.63, 3.8) is 0 Å². The van der Waals surface area contributed by atoms with Gasteiger partial charge in [-0.2, -0.15) is 0 Å². The van der Waals surface area contributed by atoms with E-state index in [9.17, 15) is 13.6 Å². The third-order valence-electron chi connectivity index (χ3n) is 5.81. The molecule has 0 N–H and O–H groups in total. The Morgan fingerprint density at radius 2 is 1.93 bits per heavy atom. The van der Waals surface area contributed by atoms with Crippen LogP contribution in [0.4, 0.5) is 8.78 Å². The molecule has 0 spiro atoms. The minimum atomic E-state index is -0.649. The number of hydrogen-bond donors (Lipinski definition) is 0. The molecule has 1 fully saturated rings. The molecule has 1 aliphatic heterocycles. The SMILES string of the molecule is CC(C)N1CCC[C@H](Cn2cnc3ccc(-c4c(F)cccc4F)cc3c2=O)C1. The van der Waals surface area contributed by atoms with E-state index in [0.29, 0.717) is 35.0 Å². The van der Waals surface area contributed by atoms with E-state index in [1.54, 1.807) is 29.1 Å². The second-order valence-corrected chi connectivity index (χ2v) is 8.13. The fourth-order valence-electron chi connectivity index (χ4n) is 4.21. The Kier molecular flexibility index (Phi) is 5.46. The molecule has 0 saturated carbocycles. The molecule has 6 heteroatoms. The zero-order valence-electron chi connectivity index (χ0n) is 16.7. The predicted molar refractivity (Wildman–Crippen MR) is 111 cm³/mol. The standard InChI is InChI=1S/C23H25F2N3O/c1-15(2)27-10-4-5-16(12-27)13-28-14-26-21-9-8-17(11-18(21)23(28)29)22-19(24)6-3-7-20(22)25/h3,6-9,11,14-16H,4-5,10,12-13H2,1-2H3/t16-/m0/s1. The van der Waals surface area contributed by atoms with Crippen molar-refractivity contribution in [2.45, 2.75) is 39.3 Å². The molecule has 3 aromatic rings. The van der Waals surface area contributed by atoms with Gasteiger partial charge in [0, 0.05) is 19.1 Å². The van der Waals surface area contributed by atoms with E-state index in [0.717, 1.165) is 25.9 Å². The molecule has 0 radical (unpaired) electrons. The highest BCUT2D eigenvalue weighted by Gasteiger charge is 2.22. The fraction of sp³-hybridized carbons (Fsp3) is 0.391. The maximum atomic E-state index is 14.2. The molecule has 0 unspecified atom stereocenters. The van der Waals surface area contributed by atoms with Crippen LogP contribution in [0.2, 0.25) is 0 Å². The van der Waals surface area contributed by atoms with Gasteiger partial charge in [-0.1, -0.05) is 12.1 Å². The fourth-order valence-corrected chi connectivity index (χ4v) is 4.21. The lowest BCUT2D eigenvalue weighted by molar-refractivity contribution is 0.130. The third-order valence-corrected chi connectivity index (χ3v) is 5.81. The van der Waals surface area contributed by atoms with Crippen molar-refractivity contribution >= 4 is 10.9 Å². The van der Waals surface area contributed by atoms with Crippen LogP contribution in [0.5, 0.6) is 0 Å². The van der Waals surface area contributed by atoms with E-state index in [-0.39, 0.29) is 11.1 Å². The topological polar surface area (TPSA) is 38.1 Å². The van der Waals surface area contributed by atoms with Crippen LogP contribution in [0.3, 0.4) is 0 Å². The van der Waals surface area contributed by atoms with Crippen molar-refractivity contribution in [1.29, 1.82) is 0 Å². The van der Waals surface area contributed by atoms with E-state index in [4.69, 9.17) is 0 Å². The molecule has 1 saturated heterocycles. The number of rotatable bonds is 4. The summed E-state index contributed by atoms with van der Waals surface area (Å²) in [5, 5.41) is 0.379. The van der Waals surface area contributed by atoms with Gasteiger partial charge in [0.25, 0.3) is 5.56 Å². The van der Waals surface area contributed by atoms with Crippen LogP contribution >= 0.6 is 0 Å². The number of aromatic nitrogens is 2. The van der Waals surface area contributed by atoms with Gasteiger partial charge < -0.3 is 4.90 Å². The minimum absolute atomic E-state index is 0.121. The van der Waals surface area contributed by atoms with E-state index in [2.05, 4.69) is 23.7 Å². The molecule has 152 valence electrons. The number of fused-ring (bicyclic) bond motifs is 1. The number of likely N-dealkylation sites (tertiary alicyclic amines) is 1. The van der Waals surface area contributed by atoms with E-state index in [1.807, 2.05) is 0 Å². The molecule has 1 aromatic heterocycles. The van der Waals surface area contributed by atoms with Crippen molar-refractivity contribution in [1.82, 2.24) is 14.5 Å². The van der Waals surface area contributed by atoms with Crippen molar-refractivity contribution in [2.75, 3.05) is 13.1 Å². The summed E-state index contributed by atoms with van der Waals surface area (Å²) in [6.45, 7) is 7.04. The van der Waals surface area contributed by atoms with Gasteiger partial charge in [0.1, 0.15) is 11.6 Å². The first-order chi connectivity index (χ1) is 13.9. The van der Waals surface area contributed by atoms with Crippen molar-refractivity contribution < 1.29 is 8.78 Å². The van der Waals surface area contributed by atoms with Gasteiger partial charge in [0.05, 0.1) is 22.8 Å². The summed E-state index contributed by atoms with van der Waals surface area (Å²) in [5.74, 6) is -0.913. The second-order valence-electron chi connectivity index (χ2n) is 8.13. The monoisotopic (exact) mass is 397 g/mol. The summed E-state index contributed by atoms with van der Waals surface area (Å²) >= 11 is 0. The van der Waals surface area contributed by atoms with Crippen LogP contribution in [0, 0.1) is 17.6 Å². The summed E-state index contributed by atoms with van der Waals surface area (Å²) in [6, 6.07) is 9.04. The Labute approximate surface area is 168 Å². The first-order valence-electron chi connectivity index (χ1n) is 10.1. The van der Waals surface area contributed by atoms with E-state index < -0.39 is 11.6 Å². The highest BCUT2D eigenvalue weighted by atomic mass is 19.1. The van der Waals surface area contributed by atoms with Crippen LogP contribution in [-0.2, 0) is 6.54 Å². The predicted octanol–water partition coefficient (Wildman–Crippen LogP) is 4.46. The first-order valence-corrected chi connectivity index (χ1v) is 10.1. The molecular weight excluding hydrogens is 372 g/mol. The highest BCUT2D eigenvalue weighted by molar-refractivity contribution is 5.83. The average molecular weight is 397 g/mol. The average Bonchev–Trinajstić information content (AvgIpc) is 2.70. The smallest absolute Gasteiger partial charge is 0.261 e. The molecule has 2 heterocycles. The van der Waals surface area contributed by atoms with Crippen LogP contribution in [0.25, 0.3) is 22.0 Å². The van der Waals surface area contributed by atoms with Gasteiger partial charge in [-0.3, -0.25) is 9.36 Å². The van der Waals surface area contributed by atoms with Crippen LogP contribution in [0.1, 0.15) is 26.7 Å². The number of nitrogens with zero attached hydrogens (tertiary/aromatic N) is 3. The molecule has 1 atom stereocenters. The van der Waals surface area contributed by atoms with Gasteiger partial charge >= 0.3 is 0 Å². The number of hydrogen-bond acceptors (Lipinski definition) is 3. The van der Waals surface area contributed by atoms with Crippen molar-refractivity contribution in [3.05, 3.63) is 64.7 Å². The molecular formula is C23H25F2N3O. The number of benzene rings is 2. The molecule has 29 heavy (non-hydrogen) atoms. The quantitative estimate of drug-likeness (QED) is 0.652. The van der Waals surface area contributed by atoms with E-state index >= 15 is 0 Å². The normalized spacial score (nSPS) is 17.9. The number of halogens is 2. The molecule has 1 aliphatic rings. The summed E-state index contributed by atoms with van der Waals surface area (Å²) in [7, 11) is 0. The zero-order chi connectivity index (χ0) is 20.5. The summed E-state index contributed by atoms with van der Waals surface area (Å²) in [5.41, 5.74) is 0.576.